The molecule has 3 saturated carbocycles. The van der Waals surface area contributed by atoms with E-state index in [1.165, 1.54) is 33.4 Å². The number of benzene rings is 3. The first-order valence-corrected chi connectivity index (χ1v) is 32.1. The van der Waals surface area contributed by atoms with Gasteiger partial charge in [-0.2, -0.15) is 10.5 Å². The van der Waals surface area contributed by atoms with Gasteiger partial charge in [0.05, 0.1) is 110 Å². The molecule has 3 aromatic rings. The lowest BCUT2D eigenvalue weighted by atomic mass is 9.35. The van der Waals surface area contributed by atoms with Gasteiger partial charge >= 0.3 is 5.97 Å². The van der Waals surface area contributed by atoms with Gasteiger partial charge in [0, 0.05) is 89.3 Å². The second-order valence-corrected chi connectivity index (χ2v) is 29.8. The van der Waals surface area contributed by atoms with Crippen LogP contribution in [0.25, 0.3) is 0 Å². The molecule has 12 aliphatic carbocycles. The second-order valence-electron chi connectivity index (χ2n) is 29.8. The van der Waals surface area contributed by atoms with E-state index < -0.39 is 30.3 Å². The van der Waals surface area contributed by atoms with Gasteiger partial charge in [-0.3, -0.25) is 9.59 Å². The van der Waals surface area contributed by atoms with Crippen LogP contribution in [0.3, 0.4) is 0 Å². The molecule has 6 fully saturated rings. The number of ketones is 1. The van der Waals surface area contributed by atoms with Crippen LogP contribution < -0.4 is 44.2 Å². The summed E-state index contributed by atoms with van der Waals surface area (Å²) in [5, 5.41) is 86.3. The fraction of sp³-hybridized carbons (Fsp3) is 0.563. The Kier molecular flexibility index (Phi) is 13.8. The van der Waals surface area contributed by atoms with E-state index in [1.54, 1.807) is 39.8 Å². The minimum absolute atomic E-state index is 0.00275. The smallest absolute Gasteiger partial charge is 0.309 e. The third-order valence-corrected chi connectivity index (χ3v) is 26.1. The zero-order valence-corrected chi connectivity index (χ0v) is 53.0. The summed E-state index contributed by atoms with van der Waals surface area (Å²) in [6, 6.07) is 18.4. The van der Waals surface area contributed by atoms with Crippen molar-refractivity contribution in [1.82, 2.24) is 0 Å². The van der Waals surface area contributed by atoms with Crippen LogP contribution in [-0.2, 0) is 59.5 Å². The SMILES string of the molecule is CC(=O)[C@@H]1C[C@@]23C=C[C@]1(C)[C@@H]1Oc4c(O)ccc5c4[C@@]12CC[NH+](C)[C@@H]3C5.CC(=O)[O-].CC(=O)[O-].C[NH+]1CC[C@]23c4c5ccc(O)c4O[C@H]2[C@@]2(C)C=C[C@@]3(C[C@H]2C#N)[C@H]1C5.C[NH+]1CC[C@]23c4c5ccc(O)c4O[C@H]2[C@@]2(C)C=C[C@@]3(C[C@H]2C#N)[C@H]1C5.O=C([O-])CC(=O)O. The Hall–Kier alpha value is -7.91. The highest BCUT2D eigenvalue weighted by molar-refractivity contribution is 5.87. The third kappa shape index (κ3) is 7.67. The summed E-state index contributed by atoms with van der Waals surface area (Å²) in [5.74, 6) is -1.98. The Morgan fingerprint density at radius 1 is 0.527 bits per heavy atom. The monoisotopic (exact) mass is 1240 g/mol. The molecular formula is C71H81N5O15. The van der Waals surface area contributed by atoms with Crippen molar-refractivity contribution in [3.05, 3.63) is 106 Å². The number of hydrogen-bond donors (Lipinski definition) is 7. The van der Waals surface area contributed by atoms with Crippen molar-refractivity contribution in [2.75, 3.05) is 40.8 Å². The maximum Gasteiger partial charge on any atom is 0.309 e. The van der Waals surface area contributed by atoms with E-state index >= 15 is 0 Å². The van der Waals surface area contributed by atoms with Gasteiger partial charge in [0.2, 0.25) is 0 Å². The number of nitriles is 2. The van der Waals surface area contributed by atoms with Crippen LogP contribution >= 0.6 is 0 Å². The van der Waals surface area contributed by atoms with Crippen LogP contribution in [0.4, 0.5) is 0 Å². The molecule has 0 aromatic heterocycles. The highest BCUT2D eigenvalue weighted by Crippen LogP contribution is 2.78. The standard InChI is InChI=1S/C22H25NO3.2C21H22N2O2.C3H4O4.2C2H4O2/c1-12(24)14-11-21-7-6-20(14,2)19-22(21)8-9-23(3)16(21)10-13-4-5-15(25)18(26-19)17(13)22;2*1-19-5-6-20(10-13(19)11-22)15-9-12-3-4-14(24)17-16(12)21(20,18(19)25-17)7-8-23(15)2;4-2(5)1-3(6)7;2*1-2(3)4/h4-7,14,16,19,25H,8-11H2,1-3H3;2*3-6,13,15,18,24H,7-10H2,1-2H3;1H2,(H,4,5)(H,6,7);2*1H3,(H,3,4)/t14-,16+,19-,20-,21+,22-;2*13-,15+,18-,19-,20+,21-;;;/m000.../s1. The predicted octanol–water partition coefficient (Wildman–Crippen LogP) is -0.191. The molecular weight excluding hydrogens is 1160 g/mol. The van der Waals surface area contributed by atoms with Crippen LogP contribution in [0.15, 0.2) is 72.9 Å². The molecule has 6 aliphatic heterocycles. The van der Waals surface area contributed by atoms with E-state index in [0.717, 1.165) is 91.3 Å². The summed E-state index contributed by atoms with van der Waals surface area (Å²) >= 11 is 0. The molecule has 12 bridgehead atoms. The predicted molar refractivity (Wildman–Crippen MR) is 318 cm³/mol. The minimum atomic E-state index is -1.56. The van der Waals surface area contributed by atoms with Crippen molar-refractivity contribution in [3.63, 3.8) is 0 Å². The number of piperidine rings is 3. The topological polar surface area (TPSA) is 324 Å². The molecule has 21 rings (SSSR count). The zero-order valence-electron chi connectivity index (χ0n) is 53.0. The molecule has 3 saturated heterocycles. The van der Waals surface area contributed by atoms with Gasteiger partial charge in [0.15, 0.2) is 34.5 Å². The quantitative estimate of drug-likeness (QED) is 0.132. The van der Waals surface area contributed by atoms with Gasteiger partial charge in [0.25, 0.3) is 0 Å². The number of rotatable bonds is 3. The van der Waals surface area contributed by atoms with Crippen molar-refractivity contribution in [3.8, 4) is 46.6 Å². The van der Waals surface area contributed by atoms with Crippen molar-refractivity contribution in [2.24, 2.45) is 50.2 Å². The Bertz CT molecular complexity index is 3710. The number of hydrogen-bond acceptors (Lipinski definition) is 16. The fourth-order valence-corrected chi connectivity index (χ4v) is 22.6. The number of fused-ring (bicyclic) bond motifs is 3. The zero-order chi connectivity index (χ0) is 65.5. The van der Waals surface area contributed by atoms with Gasteiger partial charge in [-0.1, -0.05) is 75.4 Å². The number of aliphatic carboxylic acids is 4. The molecule has 7 N–H and O–H groups in total. The van der Waals surface area contributed by atoms with E-state index in [1.807, 2.05) is 0 Å². The van der Waals surface area contributed by atoms with Crippen molar-refractivity contribution >= 4 is 29.7 Å². The summed E-state index contributed by atoms with van der Waals surface area (Å²) in [7, 11) is 6.92. The highest BCUT2D eigenvalue weighted by Gasteiger charge is 2.82. The number of quaternary nitrogens is 3. The number of carboxylic acids is 4. The Labute approximate surface area is 529 Å². The lowest BCUT2D eigenvalue weighted by Gasteiger charge is -2.69. The molecule has 20 heteroatoms. The van der Waals surface area contributed by atoms with Crippen molar-refractivity contribution < 1.29 is 88.6 Å². The lowest BCUT2D eigenvalue weighted by molar-refractivity contribution is -0.923. The third-order valence-electron chi connectivity index (χ3n) is 26.1. The van der Waals surface area contributed by atoms with Gasteiger partial charge in [-0.05, 0) is 74.9 Å². The number of nitrogens with zero attached hydrogens (tertiary/aromatic N) is 2. The minimum Gasteiger partial charge on any atom is -0.550 e. The number of carboxylic acid groups (broad SMARTS) is 4. The van der Waals surface area contributed by atoms with Crippen LogP contribution in [0, 0.1) is 72.9 Å². The molecule has 6 heterocycles. The van der Waals surface area contributed by atoms with Crippen LogP contribution in [-0.4, -0.2) is 127 Å². The van der Waals surface area contributed by atoms with Crippen LogP contribution in [0.1, 0.15) is 120 Å². The Morgan fingerprint density at radius 2 is 0.835 bits per heavy atom. The Morgan fingerprint density at radius 3 is 1.12 bits per heavy atom. The summed E-state index contributed by atoms with van der Waals surface area (Å²) in [4.78, 5) is 53.8. The molecule has 91 heavy (non-hydrogen) atoms. The number of phenols is 3. The first-order chi connectivity index (χ1) is 42.9. The number of Topliss-reactive ketones (excluding diaryl/α,β-unsaturated/α-hetero) is 1. The number of carbonyl (C=O) groups is 5. The average Bonchev–Trinajstić information content (AvgIpc) is 1.61. The lowest BCUT2D eigenvalue weighted by Crippen LogP contribution is -3.18. The molecule has 21 atom stereocenters. The van der Waals surface area contributed by atoms with E-state index in [9.17, 15) is 45.3 Å². The summed E-state index contributed by atoms with van der Waals surface area (Å²) in [6.07, 6.45) is 22.2. The molecule has 0 amide bonds. The largest absolute Gasteiger partial charge is 0.550 e. The highest BCUT2D eigenvalue weighted by atomic mass is 16.5. The van der Waals surface area contributed by atoms with Gasteiger partial charge in [0.1, 0.15) is 42.2 Å². The maximum absolute atomic E-state index is 12.6. The molecule has 6 spiro atoms. The number of aromatic hydroxyl groups is 3. The fourth-order valence-electron chi connectivity index (χ4n) is 22.6. The Balaban J connectivity index is 0.000000112. The number of phenolic OH excluding ortho intramolecular Hbond substituents is 3. The first-order valence-electron chi connectivity index (χ1n) is 32.1. The molecule has 20 nitrogen and oxygen atoms in total. The normalized spacial score (nSPS) is 42.7. The molecule has 3 aromatic carbocycles. The van der Waals surface area contributed by atoms with E-state index in [4.69, 9.17) is 39.1 Å². The van der Waals surface area contributed by atoms with Crippen molar-refractivity contribution in [2.45, 2.75) is 158 Å². The molecule has 3 unspecified atom stereocenters. The molecule has 0 radical (unpaired) electrons. The van der Waals surface area contributed by atoms with Gasteiger partial charge in [-0.25, -0.2) is 0 Å². The number of carbonyl (C=O) groups excluding carboxylic acids is 4. The summed E-state index contributed by atoms with van der Waals surface area (Å²) in [6.45, 7) is 13.7. The molecule has 480 valence electrons. The van der Waals surface area contributed by atoms with E-state index in [2.05, 4.69) is 109 Å². The summed E-state index contributed by atoms with van der Waals surface area (Å²) in [5.41, 5.74) is 6.66. The molecule has 18 aliphatic rings. The van der Waals surface area contributed by atoms with Crippen LogP contribution in [0.5, 0.6) is 34.5 Å². The number of likely N-dealkylation sites (N-methyl/N-ethyl adjacent to an activating group) is 3. The van der Waals surface area contributed by atoms with Gasteiger partial charge in [-0.15, -0.1) is 0 Å². The summed E-state index contributed by atoms with van der Waals surface area (Å²) < 4.78 is 19.7. The first kappa shape index (κ1) is 61.9. The maximum atomic E-state index is 12.6. The van der Waals surface area contributed by atoms with Crippen LogP contribution in [0.2, 0.25) is 0 Å². The number of likely N-dealkylation sites (tertiary alicyclic amines) is 3. The number of nitrogens with one attached hydrogen (secondary N) is 3. The second kappa shape index (κ2) is 20.3. The number of ether oxygens (including phenoxy) is 3. The van der Waals surface area contributed by atoms with E-state index in [0.29, 0.717) is 35.4 Å². The average molecular weight is 1240 g/mol. The van der Waals surface area contributed by atoms with Crippen molar-refractivity contribution in [1.29, 1.82) is 10.5 Å². The van der Waals surface area contributed by atoms with Gasteiger partial charge < -0.3 is 79.0 Å². The van der Waals surface area contributed by atoms with E-state index in [-0.39, 0.29) is 108 Å².